The zero-order chi connectivity index (χ0) is 13.2. The average Bonchev–Trinajstić information content (AvgIpc) is 3.07. The third-order valence-corrected chi connectivity index (χ3v) is 3.25. The van der Waals surface area contributed by atoms with Crippen molar-refractivity contribution in [2.45, 2.75) is 38.8 Å². The Labute approximate surface area is 117 Å². The largest absolute Gasteiger partial charge is 0.490 e. The Kier molecular flexibility index (Phi) is 3.42. The minimum atomic E-state index is 0.336. The van der Waals surface area contributed by atoms with Crippen LogP contribution in [0.3, 0.4) is 0 Å². The summed E-state index contributed by atoms with van der Waals surface area (Å²) >= 11 is 5.95. The van der Waals surface area contributed by atoms with Crippen LogP contribution >= 0.6 is 11.6 Å². The molecule has 0 aromatic carbocycles. The number of rotatable bonds is 5. The highest BCUT2D eigenvalue weighted by Crippen LogP contribution is 2.35. The number of hydrogen-bond acceptors (Lipinski definition) is 3. The normalized spacial score (nSPS) is 14.6. The summed E-state index contributed by atoms with van der Waals surface area (Å²) in [5.74, 6) is 0.804. The number of ether oxygens (including phenoxy) is 1. The highest BCUT2D eigenvalue weighted by atomic mass is 35.5. The van der Waals surface area contributed by atoms with Gasteiger partial charge in [0.2, 0.25) is 0 Å². The lowest BCUT2D eigenvalue weighted by atomic mass is 10.1. The Hall–Kier alpha value is -1.55. The summed E-state index contributed by atoms with van der Waals surface area (Å²) in [5.41, 5.74) is 1.98. The molecule has 0 bridgehead atoms. The summed E-state index contributed by atoms with van der Waals surface area (Å²) in [6.45, 7) is 3.05. The number of pyridine rings is 1. The van der Waals surface area contributed by atoms with Crippen LogP contribution in [0.15, 0.2) is 24.7 Å². The van der Waals surface area contributed by atoms with Crippen molar-refractivity contribution in [1.82, 2.24) is 14.8 Å². The van der Waals surface area contributed by atoms with Crippen molar-refractivity contribution in [2.75, 3.05) is 0 Å². The summed E-state index contributed by atoms with van der Waals surface area (Å²) < 4.78 is 7.83. The van der Waals surface area contributed by atoms with Gasteiger partial charge in [0.05, 0.1) is 12.3 Å². The van der Waals surface area contributed by atoms with Gasteiger partial charge < -0.3 is 4.74 Å². The Morgan fingerprint density at radius 2 is 2.26 bits per heavy atom. The first-order valence-corrected chi connectivity index (χ1v) is 6.99. The molecule has 0 amide bonds. The van der Waals surface area contributed by atoms with Gasteiger partial charge in [-0.15, -0.1) is 0 Å². The van der Waals surface area contributed by atoms with E-state index in [0.29, 0.717) is 11.3 Å². The van der Waals surface area contributed by atoms with Gasteiger partial charge in [0.1, 0.15) is 10.9 Å². The van der Waals surface area contributed by atoms with E-state index in [-0.39, 0.29) is 0 Å². The second-order valence-electron chi connectivity index (χ2n) is 4.81. The molecule has 0 spiro atoms. The van der Waals surface area contributed by atoms with Crippen LogP contribution in [0, 0.1) is 0 Å². The van der Waals surface area contributed by atoms with Crippen molar-refractivity contribution in [3.05, 3.63) is 29.8 Å². The molecule has 0 N–H and O–H groups in total. The first kappa shape index (κ1) is 12.5. The molecule has 0 saturated heterocycles. The molecule has 100 valence electrons. The van der Waals surface area contributed by atoms with Crippen LogP contribution in [-0.2, 0) is 6.54 Å². The Morgan fingerprint density at radius 3 is 3.00 bits per heavy atom. The van der Waals surface area contributed by atoms with E-state index in [9.17, 15) is 0 Å². The van der Waals surface area contributed by atoms with Gasteiger partial charge in [0.15, 0.2) is 0 Å². The summed E-state index contributed by atoms with van der Waals surface area (Å²) in [6, 6.07) is 1.78. The molecule has 1 aliphatic carbocycles. The van der Waals surface area contributed by atoms with E-state index in [2.05, 4.69) is 17.0 Å². The zero-order valence-corrected chi connectivity index (χ0v) is 11.6. The van der Waals surface area contributed by atoms with Crippen molar-refractivity contribution in [2.24, 2.45) is 0 Å². The van der Waals surface area contributed by atoms with E-state index < -0.39 is 0 Å². The molecular formula is C14H16ClN3O. The number of hydrogen-bond donors (Lipinski definition) is 0. The lowest BCUT2D eigenvalue weighted by Crippen LogP contribution is -1.98. The molecule has 2 heterocycles. The fourth-order valence-electron chi connectivity index (χ4n) is 1.95. The van der Waals surface area contributed by atoms with E-state index in [1.807, 2.05) is 17.1 Å². The molecule has 0 aliphatic heterocycles. The van der Waals surface area contributed by atoms with E-state index in [1.54, 1.807) is 12.3 Å². The van der Waals surface area contributed by atoms with Gasteiger partial charge in [-0.2, -0.15) is 5.10 Å². The number of nitrogens with zero attached hydrogens (tertiary/aromatic N) is 3. The molecule has 5 heteroatoms. The lowest BCUT2D eigenvalue weighted by Gasteiger charge is -2.09. The molecule has 0 unspecified atom stereocenters. The predicted octanol–water partition coefficient (Wildman–Crippen LogP) is 3.55. The second kappa shape index (κ2) is 5.21. The quantitative estimate of drug-likeness (QED) is 0.785. The van der Waals surface area contributed by atoms with Gasteiger partial charge in [-0.3, -0.25) is 4.68 Å². The number of aromatic nitrogens is 3. The molecule has 1 fully saturated rings. The van der Waals surface area contributed by atoms with Crippen LogP contribution in [0.25, 0.3) is 11.1 Å². The molecule has 3 rings (SSSR count). The van der Waals surface area contributed by atoms with Crippen molar-refractivity contribution in [3.8, 4) is 16.9 Å². The van der Waals surface area contributed by atoms with Crippen LogP contribution in [0.5, 0.6) is 5.75 Å². The van der Waals surface area contributed by atoms with E-state index in [0.717, 1.165) is 42.7 Å². The second-order valence-corrected chi connectivity index (χ2v) is 5.20. The third kappa shape index (κ3) is 2.89. The van der Waals surface area contributed by atoms with Gasteiger partial charge in [0.25, 0.3) is 0 Å². The topological polar surface area (TPSA) is 39.9 Å². The Bertz CT molecular complexity index is 578. The minimum absolute atomic E-state index is 0.336. The van der Waals surface area contributed by atoms with Gasteiger partial charge in [-0.1, -0.05) is 18.5 Å². The van der Waals surface area contributed by atoms with Crippen LogP contribution in [0.2, 0.25) is 5.15 Å². The summed E-state index contributed by atoms with van der Waals surface area (Å²) in [5, 5.41) is 4.80. The highest BCUT2D eigenvalue weighted by molar-refractivity contribution is 6.29. The predicted molar refractivity (Wildman–Crippen MR) is 74.4 cm³/mol. The Morgan fingerprint density at radius 1 is 1.42 bits per heavy atom. The van der Waals surface area contributed by atoms with E-state index in [4.69, 9.17) is 16.3 Å². The van der Waals surface area contributed by atoms with Crippen LogP contribution in [0.4, 0.5) is 0 Å². The first-order valence-electron chi connectivity index (χ1n) is 6.61. The Balaban J connectivity index is 1.92. The molecule has 2 aromatic heterocycles. The fraction of sp³-hybridized carbons (Fsp3) is 0.429. The molecule has 4 nitrogen and oxygen atoms in total. The molecule has 1 saturated carbocycles. The van der Waals surface area contributed by atoms with Crippen LogP contribution in [0.1, 0.15) is 26.2 Å². The van der Waals surface area contributed by atoms with E-state index >= 15 is 0 Å². The maximum Gasteiger partial charge on any atom is 0.132 e. The van der Waals surface area contributed by atoms with Crippen molar-refractivity contribution in [3.63, 3.8) is 0 Å². The standard InChI is InChI=1S/C14H16ClN3O/c1-2-5-18-9-10(7-17-18)12-8-16-14(15)6-13(12)19-11-3-4-11/h6-9,11H,2-5H2,1H3. The molecule has 1 aliphatic rings. The van der Waals surface area contributed by atoms with Crippen LogP contribution in [-0.4, -0.2) is 20.9 Å². The molecule has 0 atom stereocenters. The summed E-state index contributed by atoms with van der Waals surface area (Å²) in [4.78, 5) is 4.15. The summed E-state index contributed by atoms with van der Waals surface area (Å²) in [7, 11) is 0. The van der Waals surface area contributed by atoms with E-state index in [1.165, 1.54) is 0 Å². The minimum Gasteiger partial charge on any atom is -0.490 e. The maximum atomic E-state index is 5.95. The average molecular weight is 278 g/mol. The smallest absolute Gasteiger partial charge is 0.132 e. The fourth-order valence-corrected chi connectivity index (χ4v) is 2.09. The van der Waals surface area contributed by atoms with Crippen molar-refractivity contribution in [1.29, 1.82) is 0 Å². The lowest BCUT2D eigenvalue weighted by molar-refractivity contribution is 0.304. The zero-order valence-electron chi connectivity index (χ0n) is 10.8. The van der Waals surface area contributed by atoms with Gasteiger partial charge in [-0.25, -0.2) is 4.98 Å². The molecule has 19 heavy (non-hydrogen) atoms. The molecule has 2 aromatic rings. The summed E-state index contributed by atoms with van der Waals surface area (Å²) in [6.07, 6.45) is 9.26. The van der Waals surface area contributed by atoms with Gasteiger partial charge in [-0.05, 0) is 19.3 Å². The van der Waals surface area contributed by atoms with Gasteiger partial charge in [0, 0.05) is 36.1 Å². The molecular weight excluding hydrogens is 262 g/mol. The van der Waals surface area contributed by atoms with Crippen LogP contribution < -0.4 is 4.74 Å². The number of aryl methyl sites for hydroxylation is 1. The number of halogens is 1. The maximum absolute atomic E-state index is 5.95. The SMILES string of the molecule is CCCn1cc(-c2cnc(Cl)cc2OC2CC2)cn1. The monoisotopic (exact) mass is 277 g/mol. The highest BCUT2D eigenvalue weighted by Gasteiger charge is 2.25. The van der Waals surface area contributed by atoms with Gasteiger partial charge >= 0.3 is 0 Å². The van der Waals surface area contributed by atoms with Crippen molar-refractivity contribution >= 4 is 11.6 Å². The third-order valence-electron chi connectivity index (χ3n) is 3.05. The van der Waals surface area contributed by atoms with Crippen molar-refractivity contribution < 1.29 is 4.74 Å². The molecule has 0 radical (unpaired) electrons. The first-order chi connectivity index (χ1) is 9.26.